The maximum Gasteiger partial charge on any atom is 0.329 e. The summed E-state index contributed by atoms with van der Waals surface area (Å²) in [7, 11) is 1.90. The Morgan fingerprint density at radius 2 is 1.88 bits per heavy atom. The molecule has 0 aliphatic heterocycles. The lowest BCUT2D eigenvalue weighted by atomic mass is 10.1. The number of nitrogens with zero attached hydrogens (tertiary/aromatic N) is 2. The van der Waals surface area contributed by atoms with E-state index in [1.54, 1.807) is 11.3 Å². The van der Waals surface area contributed by atoms with Gasteiger partial charge in [0.1, 0.15) is 6.04 Å². The summed E-state index contributed by atoms with van der Waals surface area (Å²) in [5.41, 5.74) is 2.05. The van der Waals surface area contributed by atoms with Gasteiger partial charge >= 0.3 is 5.97 Å². The SMILES string of the molecule is CCOC(=O)[C@@H](Cc1ccccc1)N(C)c1nc2ccccc2s1. The van der Waals surface area contributed by atoms with Crippen LogP contribution in [0.5, 0.6) is 0 Å². The molecule has 1 atom stereocenters. The van der Waals surface area contributed by atoms with E-state index in [-0.39, 0.29) is 5.97 Å². The first-order valence-corrected chi connectivity index (χ1v) is 8.79. The number of likely N-dealkylation sites (N-methyl/N-ethyl adjacent to an activating group) is 1. The molecule has 124 valence electrons. The first-order chi connectivity index (χ1) is 11.7. The second-order valence-electron chi connectivity index (χ2n) is 5.53. The molecule has 0 saturated heterocycles. The topological polar surface area (TPSA) is 42.4 Å². The van der Waals surface area contributed by atoms with Crippen LogP contribution < -0.4 is 4.90 Å². The number of hydrogen-bond acceptors (Lipinski definition) is 5. The third-order valence-electron chi connectivity index (χ3n) is 3.88. The molecule has 4 nitrogen and oxygen atoms in total. The first-order valence-electron chi connectivity index (χ1n) is 7.98. The Kier molecular flexibility index (Phi) is 5.11. The van der Waals surface area contributed by atoms with E-state index in [1.807, 2.05) is 73.5 Å². The van der Waals surface area contributed by atoms with Crippen molar-refractivity contribution >= 4 is 32.7 Å². The second-order valence-corrected chi connectivity index (χ2v) is 6.54. The van der Waals surface area contributed by atoms with Crippen LogP contribution in [0.2, 0.25) is 0 Å². The predicted molar refractivity (Wildman–Crippen MR) is 98.6 cm³/mol. The van der Waals surface area contributed by atoms with Crippen LogP contribution in [0.25, 0.3) is 10.2 Å². The Labute approximate surface area is 145 Å². The lowest BCUT2D eigenvalue weighted by Gasteiger charge is -2.26. The molecular weight excluding hydrogens is 320 g/mol. The molecular formula is C19H20N2O2S. The van der Waals surface area contributed by atoms with Gasteiger partial charge in [0.15, 0.2) is 5.13 Å². The number of fused-ring (bicyclic) bond motifs is 1. The standard InChI is InChI=1S/C19H20N2O2S/c1-3-23-18(22)16(13-14-9-5-4-6-10-14)21(2)19-20-15-11-7-8-12-17(15)24-19/h4-12,16H,3,13H2,1-2H3/t16-/m1/s1. The van der Waals surface area contributed by atoms with Crippen molar-refractivity contribution in [3.63, 3.8) is 0 Å². The highest BCUT2D eigenvalue weighted by Crippen LogP contribution is 2.29. The van der Waals surface area contributed by atoms with Crippen LogP contribution in [0.4, 0.5) is 5.13 Å². The Balaban J connectivity index is 1.89. The number of esters is 1. The van der Waals surface area contributed by atoms with Crippen LogP contribution in [0, 0.1) is 0 Å². The number of thiazole rings is 1. The molecule has 5 heteroatoms. The molecule has 0 aliphatic rings. The van der Waals surface area contributed by atoms with Crippen LogP contribution in [0.1, 0.15) is 12.5 Å². The molecule has 0 bridgehead atoms. The molecule has 1 aromatic heterocycles. The Morgan fingerprint density at radius 3 is 2.58 bits per heavy atom. The average molecular weight is 340 g/mol. The number of anilines is 1. The largest absolute Gasteiger partial charge is 0.464 e. The van der Waals surface area contributed by atoms with E-state index in [9.17, 15) is 4.79 Å². The molecule has 0 radical (unpaired) electrons. The van der Waals surface area contributed by atoms with Crippen LogP contribution in [-0.2, 0) is 16.0 Å². The summed E-state index contributed by atoms with van der Waals surface area (Å²) in [5, 5.41) is 0.824. The number of aromatic nitrogens is 1. The molecule has 2 aromatic carbocycles. The molecule has 0 unspecified atom stereocenters. The van der Waals surface area contributed by atoms with Crippen molar-refractivity contribution in [2.24, 2.45) is 0 Å². The monoisotopic (exact) mass is 340 g/mol. The number of carbonyl (C=O) groups excluding carboxylic acids is 1. The van der Waals surface area contributed by atoms with Gasteiger partial charge in [-0.25, -0.2) is 9.78 Å². The molecule has 0 N–H and O–H groups in total. The van der Waals surface area contributed by atoms with Crippen molar-refractivity contribution in [2.75, 3.05) is 18.6 Å². The van der Waals surface area contributed by atoms with E-state index in [4.69, 9.17) is 4.74 Å². The number of carbonyl (C=O) groups is 1. The molecule has 0 spiro atoms. The van der Waals surface area contributed by atoms with Gasteiger partial charge < -0.3 is 9.64 Å². The summed E-state index contributed by atoms with van der Waals surface area (Å²) in [6, 6.07) is 17.6. The van der Waals surface area contributed by atoms with Crippen LogP contribution >= 0.6 is 11.3 Å². The van der Waals surface area contributed by atoms with Crippen molar-refractivity contribution in [1.29, 1.82) is 0 Å². The highest BCUT2D eigenvalue weighted by Gasteiger charge is 2.27. The minimum atomic E-state index is -0.395. The Morgan fingerprint density at radius 1 is 1.17 bits per heavy atom. The van der Waals surface area contributed by atoms with Crippen LogP contribution in [0.15, 0.2) is 54.6 Å². The third-order valence-corrected chi connectivity index (χ3v) is 5.01. The predicted octanol–water partition coefficient (Wildman–Crippen LogP) is 3.91. The zero-order valence-electron chi connectivity index (χ0n) is 13.8. The summed E-state index contributed by atoms with van der Waals surface area (Å²) in [6.45, 7) is 2.20. The van der Waals surface area contributed by atoms with E-state index < -0.39 is 6.04 Å². The molecule has 3 rings (SSSR count). The summed E-state index contributed by atoms with van der Waals surface area (Å²) in [5.74, 6) is -0.219. The van der Waals surface area contributed by atoms with Gasteiger partial charge in [-0.05, 0) is 24.6 Å². The zero-order chi connectivity index (χ0) is 16.9. The molecule has 0 amide bonds. The van der Waals surface area contributed by atoms with Crippen molar-refractivity contribution in [3.8, 4) is 0 Å². The number of hydrogen-bond donors (Lipinski definition) is 0. The molecule has 3 aromatic rings. The van der Waals surface area contributed by atoms with E-state index in [1.165, 1.54) is 0 Å². The van der Waals surface area contributed by atoms with Gasteiger partial charge in [-0.3, -0.25) is 0 Å². The number of para-hydroxylation sites is 1. The van der Waals surface area contributed by atoms with Crippen molar-refractivity contribution < 1.29 is 9.53 Å². The Bertz CT molecular complexity index is 783. The lowest BCUT2D eigenvalue weighted by Crippen LogP contribution is -2.41. The molecule has 1 heterocycles. The number of ether oxygens (including phenoxy) is 1. The summed E-state index contributed by atoms with van der Waals surface area (Å²) >= 11 is 1.59. The lowest BCUT2D eigenvalue weighted by molar-refractivity contribution is -0.144. The highest BCUT2D eigenvalue weighted by molar-refractivity contribution is 7.22. The minimum absolute atomic E-state index is 0.219. The minimum Gasteiger partial charge on any atom is -0.464 e. The molecule has 0 fully saturated rings. The highest BCUT2D eigenvalue weighted by atomic mass is 32.1. The number of benzene rings is 2. The van der Waals surface area contributed by atoms with Gasteiger partial charge in [0.05, 0.1) is 16.8 Å². The second kappa shape index (κ2) is 7.45. The summed E-state index contributed by atoms with van der Waals surface area (Å²) in [4.78, 5) is 19.1. The average Bonchev–Trinajstić information content (AvgIpc) is 3.04. The fraction of sp³-hybridized carbons (Fsp3) is 0.263. The van der Waals surface area contributed by atoms with Crippen molar-refractivity contribution in [2.45, 2.75) is 19.4 Å². The van der Waals surface area contributed by atoms with Gasteiger partial charge in [0, 0.05) is 13.5 Å². The van der Waals surface area contributed by atoms with Gasteiger partial charge in [-0.15, -0.1) is 0 Å². The van der Waals surface area contributed by atoms with Crippen molar-refractivity contribution in [1.82, 2.24) is 4.98 Å². The quantitative estimate of drug-likeness (QED) is 0.638. The van der Waals surface area contributed by atoms with Gasteiger partial charge in [0.2, 0.25) is 0 Å². The van der Waals surface area contributed by atoms with E-state index in [0.717, 1.165) is 20.9 Å². The maximum atomic E-state index is 12.5. The molecule has 0 aliphatic carbocycles. The van der Waals surface area contributed by atoms with Crippen LogP contribution in [-0.4, -0.2) is 30.6 Å². The van der Waals surface area contributed by atoms with E-state index in [2.05, 4.69) is 4.98 Å². The van der Waals surface area contributed by atoms with Gasteiger partial charge in [-0.1, -0.05) is 53.8 Å². The summed E-state index contributed by atoms with van der Waals surface area (Å²) in [6.07, 6.45) is 0.589. The zero-order valence-corrected chi connectivity index (χ0v) is 14.6. The van der Waals surface area contributed by atoms with Gasteiger partial charge in [-0.2, -0.15) is 0 Å². The van der Waals surface area contributed by atoms with E-state index in [0.29, 0.717) is 13.0 Å². The van der Waals surface area contributed by atoms with Crippen molar-refractivity contribution in [3.05, 3.63) is 60.2 Å². The fourth-order valence-electron chi connectivity index (χ4n) is 2.60. The molecule has 0 saturated carbocycles. The van der Waals surface area contributed by atoms with Gasteiger partial charge in [0.25, 0.3) is 0 Å². The Hall–Kier alpha value is -2.40. The van der Waals surface area contributed by atoms with Crippen LogP contribution in [0.3, 0.4) is 0 Å². The first kappa shape index (κ1) is 16.5. The summed E-state index contributed by atoms with van der Waals surface area (Å²) < 4.78 is 6.40. The third kappa shape index (κ3) is 3.57. The van der Waals surface area contributed by atoms with E-state index >= 15 is 0 Å². The normalized spacial score (nSPS) is 12.1. The number of rotatable bonds is 6. The maximum absolute atomic E-state index is 12.5. The smallest absolute Gasteiger partial charge is 0.329 e. The molecule has 24 heavy (non-hydrogen) atoms. The fourth-order valence-corrected chi connectivity index (χ4v) is 3.58.